The molecule has 1 amide bonds. The van der Waals surface area contributed by atoms with Crippen LogP contribution in [0.15, 0.2) is 59.3 Å². The lowest BCUT2D eigenvalue weighted by molar-refractivity contribution is 0.102. The zero-order chi connectivity index (χ0) is 20.9. The third-order valence-electron chi connectivity index (χ3n) is 4.96. The molecule has 4 rings (SSSR count). The van der Waals surface area contributed by atoms with Crippen molar-refractivity contribution >= 4 is 33.2 Å². The van der Waals surface area contributed by atoms with Crippen molar-refractivity contribution in [2.75, 3.05) is 36.5 Å². The van der Waals surface area contributed by atoms with Crippen LogP contribution in [0.4, 0.5) is 11.4 Å². The number of benzene rings is 2. The monoisotopic (exact) mass is 470 g/mol. The summed E-state index contributed by atoms with van der Waals surface area (Å²) < 4.78 is 14.0. The molecule has 1 aromatic heterocycles. The van der Waals surface area contributed by atoms with Gasteiger partial charge < -0.3 is 24.3 Å². The van der Waals surface area contributed by atoms with E-state index in [1.165, 1.54) is 0 Å². The highest BCUT2D eigenvalue weighted by Crippen LogP contribution is 2.30. The lowest BCUT2D eigenvalue weighted by Gasteiger charge is -2.30. The Morgan fingerprint density at radius 1 is 1.20 bits per heavy atom. The van der Waals surface area contributed by atoms with Gasteiger partial charge in [0.2, 0.25) is 0 Å². The highest BCUT2D eigenvalue weighted by Gasteiger charge is 2.17. The van der Waals surface area contributed by atoms with Crippen LogP contribution in [0.5, 0.6) is 5.75 Å². The molecule has 1 N–H and O–H groups in total. The highest BCUT2D eigenvalue weighted by molar-refractivity contribution is 9.10. The van der Waals surface area contributed by atoms with Gasteiger partial charge in [0.15, 0.2) is 0 Å². The van der Waals surface area contributed by atoms with E-state index in [1.807, 2.05) is 36.0 Å². The number of ether oxygens (including phenoxy) is 2. The van der Waals surface area contributed by atoms with Gasteiger partial charge in [0.1, 0.15) is 18.2 Å². The first-order chi connectivity index (χ1) is 14.6. The fourth-order valence-corrected chi connectivity index (χ4v) is 3.63. The molecule has 2 aromatic carbocycles. The van der Waals surface area contributed by atoms with Crippen molar-refractivity contribution < 1.29 is 14.3 Å². The maximum Gasteiger partial charge on any atom is 0.255 e. The molecule has 1 saturated heterocycles. The van der Waals surface area contributed by atoms with Crippen molar-refractivity contribution in [3.05, 3.63) is 70.7 Å². The largest absolute Gasteiger partial charge is 0.486 e. The number of aromatic nitrogens is 2. The Morgan fingerprint density at radius 2 is 1.97 bits per heavy atom. The zero-order valence-corrected chi connectivity index (χ0v) is 18.3. The average Bonchev–Trinajstić information content (AvgIpc) is 3.18. The van der Waals surface area contributed by atoms with Crippen LogP contribution in [0.3, 0.4) is 0 Å². The molecule has 7 nitrogen and oxygen atoms in total. The van der Waals surface area contributed by atoms with Crippen LogP contribution in [-0.2, 0) is 18.4 Å². The van der Waals surface area contributed by atoms with Gasteiger partial charge in [-0.05, 0) is 42.5 Å². The Kier molecular flexibility index (Phi) is 6.35. The minimum absolute atomic E-state index is 0.168. The van der Waals surface area contributed by atoms with Crippen molar-refractivity contribution in [3.63, 3.8) is 0 Å². The number of imidazole rings is 1. The number of nitrogens with one attached hydrogen (secondary N) is 1. The van der Waals surface area contributed by atoms with E-state index in [4.69, 9.17) is 9.47 Å². The van der Waals surface area contributed by atoms with Gasteiger partial charge in [-0.1, -0.05) is 15.9 Å². The van der Waals surface area contributed by atoms with Crippen molar-refractivity contribution in [1.29, 1.82) is 0 Å². The normalized spacial score (nSPS) is 13.9. The summed E-state index contributed by atoms with van der Waals surface area (Å²) in [5.74, 6) is 1.35. The van der Waals surface area contributed by atoms with Gasteiger partial charge >= 0.3 is 0 Å². The summed E-state index contributed by atoms with van der Waals surface area (Å²) >= 11 is 3.50. The van der Waals surface area contributed by atoms with Crippen LogP contribution in [0.25, 0.3) is 0 Å². The summed E-state index contributed by atoms with van der Waals surface area (Å²) in [4.78, 5) is 19.3. The van der Waals surface area contributed by atoms with Crippen LogP contribution >= 0.6 is 15.9 Å². The van der Waals surface area contributed by atoms with Crippen molar-refractivity contribution in [2.24, 2.45) is 7.05 Å². The van der Waals surface area contributed by atoms with E-state index >= 15 is 0 Å². The van der Waals surface area contributed by atoms with Gasteiger partial charge in [-0.2, -0.15) is 0 Å². The molecule has 8 heteroatoms. The van der Waals surface area contributed by atoms with E-state index in [0.717, 1.165) is 34.8 Å². The second-order valence-corrected chi connectivity index (χ2v) is 7.90. The van der Waals surface area contributed by atoms with Gasteiger partial charge in [0, 0.05) is 42.6 Å². The van der Waals surface area contributed by atoms with Gasteiger partial charge in [0.25, 0.3) is 5.91 Å². The Morgan fingerprint density at radius 3 is 2.67 bits per heavy atom. The molecule has 1 aliphatic heterocycles. The Hall–Kier alpha value is -2.84. The predicted molar refractivity (Wildman–Crippen MR) is 119 cm³/mol. The number of carbonyl (C=O) groups is 1. The predicted octanol–water partition coefficient (Wildman–Crippen LogP) is 3.85. The SMILES string of the molecule is Cn1ccnc1COc1ccc(C(=O)Nc2cc(Br)ccc2N2CCOCC2)cc1. The molecule has 0 spiro atoms. The summed E-state index contributed by atoms with van der Waals surface area (Å²) in [6.07, 6.45) is 3.61. The molecule has 0 radical (unpaired) electrons. The van der Waals surface area contributed by atoms with Crippen LogP contribution in [0.2, 0.25) is 0 Å². The molecule has 0 saturated carbocycles. The summed E-state index contributed by atoms with van der Waals surface area (Å²) in [6.45, 7) is 3.33. The topological polar surface area (TPSA) is 68.6 Å². The minimum Gasteiger partial charge on any atom is -0.486 e. The molecule has 0 unspecified atom stereocenters. The number of amides is 1. The van der Waals surface area contributed by atoms with Gasteiger partial charge in [0.05, 0.1) is 24.6 Å². The molecule has 0 aliphatic carbocycles. The molecule has 1 fully saturated rings. The first kappa shape index (κ1) is 20.4. The number of aryl methyl sites for hydroxylation is 1. The van der Waals surface area contributed by atoms with E-state index < -0.39 is 0 Å². The van der Waals surface area contributed by atoms with E-state index in [9.17, 15) is 4.79 Å². The van der Waals surface area contributed by atoms with Crippen LogP contribution in [0, 0.1) is 0 Å². The molecular weight excluding hydrogens is 448 g/mol. The first-order valence-electron chi connectivity index (χ1n) is 9.73. The van der Waals surface area contributed by atoms with Gasteiger partial charge in [-0.15, -0.1) is 0 Å². The van der Waals surface area contributed by atoms with Crippen molar-refractivity contribution in [1.82, 2.24) is 9.55 Å². The average molecular weight is 471 g/mol. The van der Waals surface area contributed by atoms with Gasteiger partial charge in [-0.25, -0.2) is 4.98 Å². The molecule has 0 atom stereocenters. The standard InChI is InChI=1S/C22H23BrN4O3/c1-26-9-8-24-21(26)15-30-18-5-2-16(3-6-18)22(28)25-19-14-17(23)4-7-20(19)27-10-12-29-13-11-27/h2-9,14H,10-13,15H2,1H3,(H,25,28). The van der Waals surface area contributed by atoms with Crippen LogP contribution < -0.4 is 15.0 Å². The number of nitrogens with zero attached hydrogens (tertiary/aromatic N) is 3. The Balaban J connectivity index is 1.43. The Bertz CT molecular complexity index is 1010. The summed E-state index contributed by atoms with van der Waals surface area (Å²) in [5, 5.41) is 3.04. The fraction of sp³-hybridized carbons (Fsp3) is 0.273. The zero-order valence-electron chi connectivity index (χ0n) is 16.7. The second-order valence-electron chi connectivity index (χ2n) is 6.98. The minimum atomic E-state index is -0.168. The second kappa shape index (κ2) is 9.32. The number of hydrogen-bond acceptors (Lipinski definition) is 5. The number of halogens is 1. The van der Waals surface area contributed by atoms with Crippen molar-refractivity contribution in [3.8, 4) is 5.75 Å². The molecule has 156 valence electrons. The van der Waals surface area contributed by atoms with E-state index in [-0.39, 0.29) is 5.91 Å². The van der Waals surface area contributed by atoms with E-state index in [1.54, 1.807) is 30.5 Å². The third kappa shape index (κ3) is 4.83. The van der Waals surface area contributed by atoms with E-state index in [2.05, 4.69) is 31.1 Å². The molecule has 2 heterocycles. The lowest BCUT2D eigenvalue weighted by Crippen LogP contribution is -2.36. The molecular formula is C22H23BrN4O3. The highest BCUT2D eigenvalue weighted by atomic mass is 79.9. The van der Waals surface area contributed by atoms with Crippen LogP contribution in [0.1, 0.15) is 16.2 Å². The van der Waals surface area contributed by atoms with Crippen molar-refractivity contribution in [2.45, 2.75) is 6.61 Å². The number of carbonyl (C=O) groups excluding carboxylic acids is 1. The third-order valence-corrected chi connectivity index (χ3v) is 5.46. The van der Waals surface area contributed by atoms with Gasteiger partial charge in [-0.3, -0.25) is 4.79 Å². The van der Waals surface area contributed by atoms with Crippen LogP contribution in [-0.4, -0.2) is 41.8 Å². The first-order valence-corrected chi connectivity index (χ1v) is 10.5. The molecule has 30 heavy (non-hydrogen) atoms. The summed E-state index contributed by atoms with van der Waals surface area (Å²) in [6, 6.07) is 13.0. The molecule has 1 aliphatic rings. The smallest absolute Gasteiger partial charge is 0.255 e. The summed E-state index contributed by atoms with van der Waals surface area (Å²) in [5.41, 5.74) is 2.32. The number of morpholine rings is 1. The quantitative estimate of drug-likeness (QED) is 0.592. The number of anilines is 2. The molecule has 0 bridgehead atoms. The maximum atomic E-state index is 12.8. The lowest BCUT2D eigenvalue weighted by atomic mass is 10.1. The Labute approximate surface area is 183 Å². The molecule has 3 aromatic rings. The number of hydrogen-bond donors (Lipinski definition) is 1. The number of rotatable bonds is 6. The van der Waals surface area contributed by atoms with E-state index in [0.29, 0.717) is 31.1 Å². The fourth-order valence-electron chi connectivity index (χ4n) is 3.27. The maximum absolute atomic E-state index is 12.8. The summed E-state index contributed by atoms with van der Waals surface area (Å²) in [7, 11) is 1.92.